The van der Waals surface area contributed by atoms with Gasteiger partial charge in [-0.2, -0.15) is 0 Å². The van der Waals surface area contributed by atoms with Crippen molar-refractivity contribution in [3.8, 4) is 0 Å². The molecule has 19 heavy (non-hydrogen) atoms. The predicted molar refractivity (Wildman–Crippen MR) is 70.0 cm³/mol. The van der Waals surface area contributed by atoms with Crippen molar-refractivity contribution in [2.75, 3.05) is 6.54 Å². The normalized spacial score (nSPS) is 22.6. The van der Waals surface area contributed by atoms with Gasteiger partial charge in [-0.05, 0) is 38.3 Å². The molecule has 1 aromatic rings. The summed E-state index contributed by atoms with van der Waals surface area (Å²) in [6.45, 7) is 5.99. The summed E-state index contributed by atoms with van der Waals surface area (Å²) in [5, 5.41) is 9.25. The van der Waals surface area contributed by atoms with E-state index in [1.807, 2.05) is 13.8 Å². The molecule has 1 N–H and O–H groups in total. The van der Waals surface area contributed by atoms with Crippen molar-refractivity contribution in [2.45, 2.75) is 33.2 Å². The first-order valence-electron chi connectivity index (χ1n) is 6.40. The predicted octanol–water partition coefficient (Wildman–Crippen LogP) is 1.63. The lowest BCUT2D eigenvalue weighted by molar-refractivity contribution is -0.142. The molecule has 0 bridgehead atoms. The van der Waals surface area contributed by atoms with Crippen molar-refractivity contribution in [3.05, 3.63) is 29.1 Å². The Kier molecular flexibility index (Phi) is 3.55. The monoisotopic (exact) mass is 262 g/mol. The van der Waals surface area contributed by atoms with Gasteiger partial charge in [0.15, 0.2) is 0 Å². The summed E-state index contributed by atoms with van der Waals surface area (Å²) in [5.74, 6) is -1.18. The number of aromatic nitrogens is 1. The van der Waals surface area contributed by atoms with Crippen LogP contribution in [0.15, 0.2) is 12.1 Å². The molecule has 1 saturated heterocycles. The first kappa shape index (κ1) is 13.5. The van der Waals surface area contributed by atoms with Gasteiger partial charge in [0.1, 0.15) is 6.04 Å². The van der Waals surface area contributed by atoms with Gasteiger partial charge >= 0.3 is 5.97 Å². The highest BCUT2D eigenvalue weighted by molar-refractivity contribution is 5.97. The van der Waals surface area contributed by atoms with Gasteiger partial charge in [0.2, 0.25) is 0 Å². The van der Waals surface area contributed by atoms with E-state index < -0.39 is 12.0 Å². The molecule has 102 valence electrons. The first-order chi connectivity index (χ1) is 8.91. The van der Waals surface area contributed by atoms with E-state index in [2.05, 4.69) is 4.98 Å². The molecule has 2 unspecified atom stereocenters. The number of hydrogen-bond acceptors (Lipinski definition) is 3. The molecule has 2 rings (SSSR count). The average Bonchev–Trinajstić information content (AvgIpc) is 2.70. The molecule has 1 amide bonds. The van der Waals surface area contributed by atoms with Crippen molar-refractivity contribution < 1.29 is 14.7 Å². The third-order valence-electron chi connectivity index (χ3n) is 3.67. The van der Waals surface area contributed by atoms with Crippen LogP contribution in [0.5, 0.6) is 0 Å². The Morgan fingerprint density at radius 3 is 2.63 bits per heavy atom. The Balaban J connectivity index is 2.31. The fourth-order valence-corrected chi connectivity index (χ4v) is 2.62. The van der Waals surface area contributed by atoms with Crippen LogP contribution in [0, 0.1) is 19.8 Å². The van der Waals surface area contributed by atoms with E-state index in [-0.39, 0.29) is 11.8 Å². The summed E-state index contributed by atoms with van der Waals surface area (Å²) in [6.07, 6.45) is 0.723. The third-order valence-corrected chi connectivity index (χ3v) is 3.67. The second-order valence-electron chi connectivity index (χ2n) is 5.13. The van der Waals surface area contributed by atoms with Gasteiger partial charge in [0.25, 0.3) is 5.91 Å². The number of carboxylic acid groups (broad SMARTS) is 1. The molecular weight excluding hydrogens is 244 g/mol. The van der Waals surface area contributed by atoms with Gasteiger partial charge < -0.3 is 10.0 Å². The van der Waals surface area contributed by atoms with Gasteiger partial charge in [0.05, 0.1) is 11.3 Å². The average molecular weight is 262 g/mol. The van der Waals surface area contributed by atoms with Gasteiger partial charge in [-0.15, -0.1) is 0 Å². The second-order valence-corrected chi connectivity index (χ2v) is 5.13. The fraction of sp³-hybridized carbons (Fsp3) is 0.500. The van der Waals surface area contributed by atoms with Crippen LogP contribution in [0.2, 0.25) is 0 Å². The van der Waals surface area contributed by atoms with Crippen LogP contribution in [0.1, 0.15) is 35.1 Å². The molecule has 5 nitrogen and oxygen atoms in total. The molecule has 2 heterocycles. The maximum atomic E-state index is 12.5. The largest absolute Gasteiger partial charge is 0.480 e. The van der Waals surface area contributed by atoms with E-state index in [1.165, 1.54) is 4.90 Å². The standard InChI is InChI=1S/C14H18N2O3/c1-8-6-7-16(12(8)14(18)19)13(17)11-5-4-9(2)15-10(11)3/h4-5,8,12H,6-7H2,1-3H3,(H,18,19). The zero-order valence-corrected chi connectivity index (χ0v) is 11.4. The van der Waals surface area contributed by atoms with E-state index in [0.29, 0.717) is 17.8 Å². The summed E-state index contributed by atoms with van der Waals surface area (Å²) < 4.78 is 0. The van der Waals surface area contributed by atoms with Gasteiger partial charge in [-0.25, -0.2) is 4.79 Å². The molecule has 0 radical (unpaired) electrons. The van der Waals surface area contributed by atoms with Crippen LogP contribution in [-0.4, -0.2) is 39.5 Å². The lowest BCUT2D eigenvalue weighted by atomic mass is 10.0. The van der Waals surface area contributed by atoms with Crippen molar-refractivity contribution in [1.29, 1.82) is 0 Å². The lowest BCUT2D eigenvalue weighted by Gasteiger charge is -2.24. The Morgan fingerprint density at radius 2 is 2.05 bits per heavy atom. The minimum Gasteiger partial charge on any atom is -0.480 e. The zero-order valence-electron chi connectivity index (χ0n) is 11.4. The lowest BCUT2D eigenvalue weighted by Crippen LogP contribution is -2.43. The van der Waals surface area contributed by atoms with Crippen molar-refractivity contribution in [1.82, 2.24) is 9.88 Å². The quantitative estimate of drug-likeness (QED) is 0.879. The molecule has 5 heteroatoms. The fourth-order valence-electron chi connectivity index (χ4n) is 2.62. The molecular formula is C14H18N2O3. The number of nitrogens with zero attached hydrogens (tertiary/aromatic N) is 2. The van der Waals surface area contributed by atoms with E-state index in [0.717, 1.165) is 12.1 Å². The van der Waals surface area contributed by atoms with Crippen molar-refractivity contribution in [2.24, 2.45) is 5.92 Å². The maximum absolute atomic E-state index is 12.5. The van der Waals surface area contributed by atoms with E-state index >= 15 is 0 Å². The highest BCUT2D eigenvalue weighted by Crippen LogP contribution is 2.26. The van der Waals surface area contributed by atoms with Gasteiger partial charge in [0, 0.05) is 12.2 Å². The third kappa shape index (κ3) is 2.45. The molecule has 0 spiro atoms. The topological polar surface area (TPSA) is 70.5 Å². The van der Waals surface area contributed by atoms with Gasteiger partial charge in [-0.3, -0.25) is 9.78 Å². The first-order valence-corrected chi connectivity index (χ1v) is 6.40. The molecule has 1 aromatic heterocycles. The number of rotatable bonds is 2. The van der Waals surface area contributed by atoms with E-state index in [4.69, 9.17) is 0 Å². The number of carboxylic acids is 1. The Labute approximate surface area is 112 Å². The molecule has 1 aliphatic rings. The summed E-state index contributed by atoms with van der Waals surface area (Å²) in [4.78, 5) is 29.5. The summed E-state index contributed by atoms with van der Waals surface area (Å²) in [7, 11) is 0. The molecule has 1 aliphatic heterocycles. The minimum absolute atomic E-state index is 0.0137. The molecule has 0 aromatic carbocycles. The second kappa shape index (κ2) is 4.99. The Bertz CT molecular complexity index is 527. The molecule has 1 fully saturated rings. The van der Waals surface area contributed by atoms with Crippen LogP contribution in [0.25, 0.3) is 0 Å². The number of carbonyl (C=O) groups excluding carboxylic acids is 1. The number of carbonyl (C=O) groups is 2. The van der Waals surface area contributed by atoms with E-state index in [9.17, 15) is 14.7 Å². The number of pyridine rings is 1. The minimum atomic E-state index is -0.934. The zero-order chi connectivity index (χ0) is 14.2. The van der Waals surface area contributed by atoms with Crippen LogP contribution >= 0.6 is 0 Å². The van der Waals surface area contributed by atoms with Gasteiger partial charge in [-0.1, -0.05) is 6.92 Å². The number of aryl methyl sites for hydroxylation is 2. The maximum Gasteiger partial charge on any atom is 0.326 e. The Morgan fingerprint density at radius 1 is 1.37 bits per heavy atom. The summed E-state index contributed by atoms with van der Waals surface area (Å²) >= 11 is 0. The summed E-state index contributed by atoms with van der Waals surface area (Å²) in [5.41, 5.74) is 1.98. The van der Waals surface area contributed by atoms with Crippen LogP contribution < -0.4 is 0 Å². The number of likely N-dealkylation sites (tertiary alicyclic amines) is 1. The Hall–Kier alpha value is -1.91. The van der Waals surface area contributed by atoms with E-state index in [1.54, 1.807) is 19.1 Å². The number of aliphatic carboxylic acids is 1. The molecule has 0 saturated carbocycles. The number of amides is 1. The van der Waals surface area contributed by atoms with Crippen molar-refractivity contribution >= 4 is 11.9 Å². The highest BCUT2D eigenvalue weighted by Gasteiger charge is 2.40. The SMILES string of the molecule is Cc1ccc(C(=O)N2CCC(C)C2C(=O)O)c(C)n1. The number of hydrogen-bond donors (Lipinski definition) is 1. The van der Waals surface area contributed by atoms with Crippen molar-refractivity contribution in [3.63, 3.8) is 0 Å². The van der Waals surface area contributed by atoms with Crippen LogP contribution in [-0.2, 0) is 4.79 Å². The van der Waals surface area contributed by atoms with Crippen LogP contribution in [0.3, 0.4) is 0 Å². The smallest absolute Gasteiger partial charge is 0.326 e. The summed E-state index contributed by atoms with van der Waals surface area (Å²) in [6, 6.07) is 2.77. The highest BCUT2D eigenvalue weighted by atomic mass is 16.4. The molecule has 2 atom stereocenters. The molecule has 0 aliphatic carbocycles. The van der Waals surface area contributed by atoms with Crippen LogP contribution in [0.4, 0.5) is 0 Å².